The number of nitrogens with one attached hydrogen (secondary N) is 1. The quantitative estimate of drug-likeness (QED) is 0.934. The summed E-state index contributed by atoms with van der Waals surface area (Å²) in [6.07, 6.45) is 10.3. The van der Waals surface area contributed by atoms with Crippen molar-refractivity contribution in [3.05, 3.63) is 42.6 Å². The molecule has 122 valence electrons. The average molecular weight is 314 g/mol. The number of piperidine rings is 1. The van der Waals surface area contributed by atoms with Gasteiger partial charge in [0.1, 0.15) is 0 Å². The number of nitrogens with zero attached hydrogens (tertiary/aromatic N) is 3. The topological polar surface area (TPSA) is 63.4 Å². The molecule has 1 spiro atoms. The largest absolute Gasteiger partial charge is 0.472 e. The predicted molar refractivity (Wildman–Crippen MR) is 86.0 cm³/mol. The highest BCUT2D eigenvalue weighted by Gasteiger charge is 2.42. The maximum Gasteiger partial charge on any atom is 0.222 e. The van der Waals surface area contributed by atoms with Crippen LogP contribution in [0.1, 0.15) is 24.8 Å². The Bertz CT molecular complexity index is 609. The molecule has 4 rings (SSSR count). The van der Waals surface area contributed by atoms with Crippen molar-refractivity contribution < 1.29 is 9.15 Å². The SMILES string of the molecule is c1cnc(N[C@H]2COC3(CCN(Cc4ccoc4)CC3)C2)nc1. The van der Waals surface area contributed by atoms with Crippen molar-refractivity contribution in [3.63, 3.8) is 0 Å². The highest BCUT2D eigenvalue weighted by Crippen LogP contribution is 2.37. The average Bonchev–Trinajstić information content (AvgIpc) is 3.22. The molecule has 2 aromatic heterocycles. The molecule has 23 heavy (non-hydrogen) atoms. The van der Waals surface area contributed by atoms with Crippen LogP contribution in [0.5, 0.6) is 0 Å². The molecule has 0 amide bonds. The Hall–Kier alpha value is -1.92. The predicted octanol–water partition coefficient (Wildman–Crippen LogP) is 2.31. The lowest BCUT2D eigenvalue weighted by atomic mass is 9.87. The van der Waals surface area contributed by atoms with Gasteiger partial charge in [0.25, 0.3) is 0 Å². The van der Waals surface area contributed by atoms with Gasteiger partial charge in [-0.25, -0.2) is 9.97 Å². The van der Waals surface area contributed by atoms with E-state index in [1.807, 2.05) is 18.4 Å². The van der Waals surface area contributed by atoms with Crippen LogP contribution < -0.4 is 5.32 Å². The lowest BCUT2D eigenvalue weighted by Gasteiger charge is -2.38. The fourth-order valence-electron chi connectivity index (χ4n) is 3.60. The van der Waals surface area contributed by atoms with Gasteiger partial charge in [0.2, 0.25) is 5.95 Å². The second-order valence-electron chi connectivity index (χ2n) is 6.52. The number of anilines is 1. The molecule has 6 heteroatoms. The first-order valence-electron chi connectivity index (χ1n) is 8.22. The van der Waals surface area contributed by atoms with E-state index in [9.17, 15) is 0 Å². The molecule has 4 heterocycles. The van der Waals surface area contributed by atoms with Crippen LogP contribution in [-0.2, 0) is 11.3 Å². The normalized spacial score (nSPS) is 24.1. The number of hydrogen-bond donors (Lipinski definition) is 1. The lowest BCUT2D eigenvalue weighted by Crippen LogP contribution is -2.44. The van der Waals surface area contributed by atoms with E-state index in [2.05, 4.69) is 20.2 Å². The van der Waals surface area contributed by atoms with Crippen molar-refractivity contribution in [2.75, 3.05) is 25.0 Å². The van der Waals surface area contributed by atoms with Crippen LogP contribution >= 0.6 is 0 Å². The van der Waals surface area contributed by atoms with Crippen molar-refractivity contribution in [1.82, 2.24) is 14.9 Å². The van der Waals surface area contributed by atoms with E-state index in [4.69, 9.17) is 9.15 Å². The summed E-state index contributed by atoms with van der Waals surface area (Å²) in [5, 5.41) is 3.39. The Kier molecular flexibility index (Phi) is 4.01. The first-order chi connectivity index (χ1) is 11.3. The van der Waals surface area contributed by atoms with Crippen LogP contribution in [0.25, 0.3) is 0 Å². The van der Waals surface area contributed by atoms with E-state index < -0.39 is 0 Å². The van der Waals surface area contributed by atoms with Crippen molar-refractivity contribution >= 4 is 5.95 Å². The van der Waals surface area contributed by atoms with E-state index in [-0.39, 0.29) is 5.60 Å². The van der Waals surface area contributed by atoms with E-state index in [1.54, 1.807) is 18.7 Å². The minimum Gasteiger partial charge on any atom is -0.472 e. The molecule has 0 aromatic carbocycles. The molecule has 2 saturated heterocycles. The fraction of sp³-hybridized carbons (Fsp3) is 0.529. The van der Waals surface area contributed by atoms with Gasteiger partial charge in [-0.2, -0.15) is 0 Å². The Labute approximate surface area is 135 Å². The Morgan fingerprint density at radius 1 is 1.26 bits per heavy atom. The smallest absolute Gasteiger partial charge is 0.222 e. The Balaban J connectivity index is 1.29. The molecule has 2 aromatic rings. The number of furan rings is 1. The van der Waals surface area contributed by atoms with E-state index >= 15 is 0 Å². The standard InChI is InChI=1S/C17H22N4O2/c1-5-18-16(19-6-1)20-15-10-17(23-13-15)3-7-21(8-4-17)11-14-2-9-22-12-14/h1-2,5-6,9,12,15H,3-4,7-8,10-11,13H2,(H,18,19,20)/t15-/m1/s1. The zero-order valence-corrected chi connectivity index (χ0v) is 13.1. The third-order valence-corrected chi connectivity index (χ3v) is 4.86. The van der Waals surface area contributed by atoms with Crippen molar-refractivity contribution in [2.24, 2.45) is 0 Å². The summed E-state index contributed by atoms with van der Waals surface area (Å²) in [6, 6.07) is 4.17. The molecule has 1 atom stereocenters. The van der Waals surface area contributed by atoms with E-state index in [0.29, 0.717) is 12.0 Å². The monoisotopic (exact) mass is 314 g/mol. The number of rotatable bonds is 4. The van der Waals surface area contributed by atoms with Gasteiger partial charge in [0, 0.05) is 37.6 Å². The van der Waals surface area contributed by atoms with Crippen LogP contribution in [0.4, 0.5) is 5.95 Å². The van der Waals surface area contributed by atoms with Crippen LogP contribution in [-0.4, -0.2) is 46.2 Å². The first kappa shape index (κ1) is 14.7. The second kappa shape index (κ2) is 6.29. The van der Waals surface area contributed by atoms with Gasteiger partial charge in [-0.15, -0.1) is 0 Å². The van der Waals surface area contributed by atoms with Gasteiger partial charge in [0.15, 0.2) is 0 Å². The second-order valence-corrected chi connectivity index (χ2v) is 6.52. The molecule has 0 unspecified atom stereocenters. The summed E-state index contributed by atoms with van der Waals surface area (Å²) >= 11 is 0. The van der Waals surface area contributed by atoms with Crippen molar-refractivity contribution in [2.45, 2.75) is 37.5 Å². The van der Waals surface area contributed by atoms with Crippen molar-refractivity contribution in [3.8, 4) is 0 Å². The maximum absolute atomic E-state index is 6.19. The fourth-order valence-corrected chi connectivity index (χ4v) is 3.60. The van der Waals surface area contributed by atoms with Gasteiger partial charge in [-0.3, -0.25) is 4.90 Å². The van der Waals surface area contributed by atoms with Crippen LogP contribution in [0.2, 0.25) is 0 Å². The molecule has 2 fully saturated rings. The Morgan fingerprint density at radius 2 is 2.09 bits per heavy atom. The number of hydrogen-bond acceptors (Lipinski definition) is 6. The molecule has 0 aliphatic carbocycles. The van der Waals surface area contributed by atoms with Gasteiger partial charge in [0.05, 0.1) is 30.8 Å². The van der Waals surface area contributed by atoms with Gasteiger partial charge < -0.3 is 14.5 Å². The molecule has 0 radical (unpaired) electrons. The minimum absolute atomic E-state index is 0.0271. The summed E-state index contributed by atoms with van der Waals surface area (Å²) in [5.74, 6) is 0.690. The Morgan fingerprint density at radius 3 is 2.83 bits per heavy atom. The van der Waals surface area contributed by atoms with Gasteiger partial charge in [-0.1, -0.05) is 0 Å². The summed E-state index contributed by atoms with van der Waals surface area (Å²) < 4.78 is 11.3. The number of aromatic nitrogens is 2. The number of ether oxygens (including phenoxy) is 1. The van der Waals surface area contributed by atoms with Gasteiger partial charge in [-0.05, 0) is 31.4 Å². The molecule has 1 N–H and O–H groups in total. The highest BCUT2D eigenvalue weighted by atomic mass is 16.5. The summed E-state index contributed by atoms with van der Waals surface area (Å²) in [4.78, 5) is 10.9. The van der Waals surface area contributed by atoms with Crippen molar-refractivity contribution in [1.29, 1.82) is 0 Å². The summed E-state index contributed by atoms with van der Waals surface area (Å²) in [7, 11) is 0. The lowest BCUT2D eigenvalue weighted by molar-refractivity contribution is -0.0448. The summed E-state index contributed by atoms with van der Waals surface area (Å²) in [5.41, 5.74) is 1.27. The van der Waals surface area contributed by atoms with Crippen LogP contribution in [0.3, 0.4) is 0 Å². The molecular formula is C17H22N4O2. The third-order valence-electron chi connectivity index (χ3n) is 4.86. The minimum atomic E-state index is 0.0271. The highest BCUT2D eigenvalue weighted by molar-refractivity contribution is 5.25. The van der Waals surface area contributed by atoms with E-state index in [0.717, 1.165) is 45.5 Å². The summed E-state index contributed by atoms with van der Waals surface area (Å²) in [6.45, 7) is 3.84. The van der Waals surface area contributed by atoms with E-state index in [1.165, 1.54) is 5.56 Å². The molecule has 2 aliphatic heterocycles. The van der Waals surface area contributed by atoms with Crippen LogP contribution in [0.15, 0.2) is 41.5 Å². The molecule has 2 aliphatic rings. The first-order valence-corrected chi connectivity index (χ1v) is 8.22. The molecular weight excluding hydrogens is 292 g/mol. The molecule has 0 bridgehead atoms. The third kappa shape index (κ3) is 3.38. The number of likely N-dealkylation sites (tertiary alicyclic amines) is 1. The zero-order valence-electron chi connectivity index (χ0n) is 13.1. The molecule has 0 saturated carbocycles. The van der Waals surface area contributed by atoms with Gasteiger partial charge >= 0.3 is 0 Å². The zero-order chi connectivity index (χ0) is 15.5. The molecule has 6 nitrogen and oxygen atoms in total. The van der Waals surface area contributed by atoms with Crippen LogP contribution in [0, 0.1) is 0 Å². The maximum atomic E-state index is 6.19.